The largest absolute Gasteiger partial charge is 0.386 e. The first-order chi connectivity index (χ1) is 8.07. The second kappa shape index (κ2) is 10.2. The van der Waals surface area contributed by atoms with Gasteiger partial charge in [0.15, 0.2) is 11.6 Å². The summed E-state index contributed by atoms with van der Waals surface area (Å²) >= 11 is 0. The van der Waals surface area contributed by atoms with Gasteiger partial charge in [0.1, 0.15) is 12.2 Å². The Hall–Kier alpha value is -0.740. The lowest BCUT2D eigenvalue weighted by Gasteiger charge is -2.07. The van der Waals surface area contributed by atoms with Gasteiger partial charge in [0.2, 0.25) is 0 Å². The Morgan fingerprint density at radius 2 is 1.39 bits per heavy atom. The fraction of sp³-hybridized carbons (Fsp3) is 0.857. The zero-order valence-electron chi connectivity index (χ0n) is 12.4. The van der Waals surface area contributed by atoms with E-state index in [-0.39, 0.29) is 11.6 Å². The predicted molar refractivity (Wildman–Crippen MR) is 72.3 cm³/mol. The van der Waals surface area contributed by atoms with E-state index in [1.807, 2.05) is 27.7 Å². The third-order valence-electron chi connectivity index (χ3n) is 2.24. The van der Waals surface area contributed by atoms with Gasteiger partial charge in [-0.3, -0.25) is 9.59 Å². The smallest absolute Gasteiger partial charge is 0.161 e. The summed E-state index contributed by atoms with van der Waals surface area (Å²) in [4.78, 5) is 21.1. The van der Waals surface area contributed by atoms with Crippen molar-refractivity contribution in [2.75, 3.05) is 0 Å². The van der Waals surface area contributed by atoms with Gasteiger partial charge in [-0.2, -0.15) is 0 Å². The summed E-state index contributed by atoms with van der Waals surface area (Å²) in [6, 6.07) is 0. The molecule has 0 fully saturated rings. The molecule has 4 nitrogen and oxygen atoms in total. The summed E-state index contributed by atoms with van der Waals surface area (Å²) in [6.07, 6.45) is -0.468. The molecule has 0 aliphatic rings. The molecule has 0 aliphatic carbocycles. The van der Waals surface area contributed by atoms with Crippen molar-refractivity contribution in [3.05, 3.63) is 0 Å². The molecule has 0 aromatic carbocycles. The first-order valence-electron chi connectivity index (χ1n) is 6.47. The molecule has 2 N–H and O–H groups in total. The number of hydrogen-bond donors (Lipinski definition) is 2. The van der Waals surface area contributed by atoms with E-state index in [2.05, 4.69) is 0 Å². The zero-order valence-corrected chi connectivity index (χ0v) is 12.4. The fourth-order valence-electron chi connectivity index (χ4n) is 1.19. The molecular formula is C14H28O4. The number of aliphatic hydroxyl groups excluding tert-OH is 2. The van der Waals surface area contributed by atoms with Crippen molar-refractivity contribution in [2.24, 2.45) is 11.8 Å². The Balaban J connectivity index is 0. The SMILES string of the molecule is CC(=O)C(O)CC(C)C.CC(C)CC(=O)C(C)O. The first-order valence-corrected chi connectivity index (χ1v) is 6.47. The lowest BCUT2D eigenvalue weighted by atomic mass is 10.0. The summed E-state index contributed by atoms with van der Waals surface area (Å²) in [5.74, 6) is 0.546. The summed E-state index contributed by atoms with van der Waals surface area (Å²) in [5, 5.41) is 17.7. The molecule has 0 saturated heterocycles. The number of rotatable bonds is 6. The highest BCUT2D eigenvalue weighted by Gasteiger charge is 2.10. The van der Waals surface area contributed by atoms with Crippen LogP contribution in [0.4, 0.5) is 0 Å². The number of Topliss-reactive ketones (excluding diaryl/α,β-unsaturated/α-hetero) is 2. The lowest BCUT2D eigenvalue weighted by molar-refractivity contribution is -0.127. The van der Waals surface area contributed by atoms with E-state index in [0.717, 1.165) is 0 Å². The van der Waals surface area contributed by atoms with E-state index in [1.165, 1.54) is 13.8 Å². The minimum atomic E-state index is -0.785. The normalized spacial score (nSPS) is 13.9. The molecule has 2 unspecified atom stereocenters. The summed E-state index contributed by atoms with van der Waals surface area (Å²) < 4.78 is 0. The van der Waals surface area contributed by atoms with Crippen molar-refractivity contribution in [3.63, 3.8) is 0 Å². The Labute approximate surface area is 110 Å². The molecule has 0 radical (unpaired) electrons. The summed E-state index contributed by atoms with van der Waals surface area (Å²) in [5.41, 5.74) is 0. The van der Waals surface area contributed by atoms with E-state index < -0.39 is 12.2 Å². The Kier molecular flexibility index (Phi) is 11.1. The van der Waals surface area contributed by atoms with E-state index >= 15 is 0 Å². The van der Waals surface area contributed by atoms with Gasteiger partial charge in [-0.1, -0.05) is 27.7 Å². The van der Waals surface area contributed by atoms with Gasteiger partial charge in [0.05, 0.1) is 0 Å². The standard InChI is InChI=1S/2C7H14O2/c2*1-5(2)4-7(9)6(3)8/h5,7,9H,4H2,1-3H3;5-6,8H,4H2,1-3H3. The Morgan fingerprint density at radius 3 is 1.50 bits per heavy atom. The van der Waals surface area contributed by atoms with Gasteiger partial charge in [-0.15, -0.1) is 0 Å². The highest BCUT2D eigenvalue weighted by Crippen LogP contribution is 2.04. The van der Waals surface area contributed by atoms with Crippen molar-refractivity contribution < 1.29 is 19.8 Å². The lowest BCUT2D eigenvalue weighted by Crippen LogP contribution is -2.18. The van der Waals surface area contributed by atoms with Gasteiger partial charge < -0.3 is 10.2 Å². The van der Waals surface area contributed by atoms with E-state index in [4.69, 9.17) is 10.2 Å². The molecule has 108 valence electrons. The monoisotopic (exact) mass is 260 g/mol. The van der Waals surface area contributed by atoms with Crippen molar-refractivity contribution in [1.29, 1.82) is 0 Å². The van der Waals surface area contributed by atoms with Crippen molar-refractivity contribution >= 4 is 11.6 Å². The summed E-state index contributed by atoms with van der Waals surface area (Å²) in [7, 11) is 0. The van der Waals surface area contributed by atoms with Crippen molar-refractivity contribution in [3.8, 4) is 0 Å². The minimum Gasteiger partial charge on any atom is -0.386 e. The van der Waals surface area contributed by atoms with Crippen LogP contribution in [0.25, 0.3) is 0 Å². The molecular weight excluding hydrogens is 232 g/mol. The molecule has 0 rings (SSSR count). The molecule has 0 heterocycles. The topological polar surface area (TPSA) is 74.6 Å². The van der Waals surface area contributed by atoms with Crippen LogP contribution in [0.5, 0.6) is 0 Å². The highest BCUT2D eigenvalue weighted by molar-refractivity contribution is 5.82. The number of carbonyl (C=O) groups is 2. The average Bonchev–Trinajstić information content (AvgIpc) is 2.16. The molecule has 0 aromatic rings. The zero-order chi connectivity index (χ0) is 14.9. The van der Waals surface area contributed by atoms with Crippen LogP contribution in [0, 0.1) is 11.8 Å². The van der Waals surface area contributed by atoms with Crippen LogP contribution in [-0.4, -0.2) is 34.0 Å². The number of hydrogen-bond acceptors (Lipinski definition) is 4. The predicted octanol–water partition coefficient (Wildman–Crippen LogP) is 1.96. The van der Waals surface area contributed by atoms with E-state index in [9.17, 15) is 9.59 Å². The molecule has 0 saturated carbocycles. The first kappa shape index (κ1) is 19.6. The van der Waals surface area contributed by atoms with Crippen LogP contribution in [0.1, 0.15) is 54.4 Å². The van der Waals surface area contributed by atoms with Gasteiger partial charge >= 0.3 is 0 Å². The molecule has 0 aliphatic heterocycles. The maximum absolute atomic E-state index is 10.7. The van der Waals surface area contributed by atoms with Crippen LogP contribution in [-0.2, 0) is 9.59 Å². The third-order valence-corrected chi connectivity index (χ3v) is 2.24. The molecule has 0 spiro atoms. The fourth-order valence-corrected chi connectivity index (χ4v) is 1.19. The Bertz CT molecular complexity index is 244. The van der Waals surface area contributed by atoms with Gasteiger partial charge in [0.25, 0.3) is 0 Å². The van der Waals surface area contributed by atoms with Crippen molar-refractivity contribution in [1.82, 2.24) is 0 Å². The van der Waals surface area contributed by atoms with Crippen LogP contribution in [0.3, 0.4) is 0 Å². The maximum Gasteiger partial charge on any atom is 0.161 e. The number of ketones is 2. The maximum atomic E-state index is 10.7. The van der Waals surface area contributed by atoms with Gasteiger partial charge in [0, 0.05) is 6.42 Å². The average molecular weight is 260 g/mol. The van der Waals surface area contributed by atoms with Crippen LogP contribution < -0.4 is 0 Å². The number of carbonyl (C=O) groups excluding carboxylic acids is 2. The second-order valence-electron chi connectivity index (χ2n) is 5.50. The van der Waals surface area contributed by atoms with E-state index in [0.29, 0.717) is 24.7 Å². The molecule has 4 heteroatoms. The van der Waals surface area contributed by atoms with Crippen LogP contribution in [0.15, 0.2) is 0 Å². The molecule has 18 heavy (non-hydrogen) atoms. The van der Waals surface area contributed by atoms with Gasteiger partial charge in [-0.05, 0) is 32.1 Å². The van der Waals surface area contributed by atoms with Crippen molar-refractivity contribution in [2.45, 2.75) is 66.6 Å². The molecule has 0 aromatic heterocycles. The minimum absolute atomic E-state index is 0.0648. The molecule has 2 atom stereocenters. The second-order valence-corrected chi connectivity index (χ2v) is 5.50. The third kappa shape index (κ3) is 13.3. The quantitative estimate of drug-likeness (QED) is 0.765. The highest BCUT2D eigenvalue weighted by atomic mass is 16.3. The van der Waals surface area contributed by atoms with Gasteiger partial charge in [-0.25, -0.2) is 0 Å². The molecule has 0 amide bonds. The van der Waals surface area contributed by atoms with Crippen LogP contribution in [0.2, 0.25) is 0 Å². The number of aliphatic hydroxyl groups is 2. The Morgan fingerprint density at radius 1 is 0.944 bits per heavy atom. The summed E-state index contributed by atoms with van der Waals surface area (Å²) in [6.45, 7) is 10.8. The van der Waals surface area contributed by atoms with E-state index in [1.54, 1.807) is 0 Å². The van der Waals surface area contributed by atoms with Crippen LogP contribution >= 0.6 is 0 Å². The molecule has 0 bridgehead atoms.